The lowest BCUT2D eigenvalue weighted by Crippen LogP contribution is -2.45. The predicted molar refractivity (Wildman–Crippen MR) is 67.9 cm³/mol. The Morgan fingerprint density at radius 3 is 2.72 bits per heavy atom. The van der Waals surface area contributed by atoms with E-state index < -0.39 is 0 Å². The molecule has 1 saturated carbocycles. The third-order valence-electron chi connectivity index (χ3n) is 3.14. The lowest BCUT2D eigenvalue weighted by molar-refractivity contribution is -0.120. The van der Waals surface area contributed by atoms with Gasteiger partial charge in [0.15, 0.2) is 5.82 Å². The summed E-state index contributed by atoms with van der Waals surface area (Å²) in [6.45, 7) is 4.53. The van der Waals surface area contributed by atoms with Gasteiger partial charge >= 0.3 is 0 Å². The molecular weight excluding hydrogens is 230 g/mol. The predicted octanol–water partition coefficient (Wildman–Crippen LogP) is 0.00880. The molecule has 1 aromatic heterocycles. The molecule has 0 aromatic carbocycles. The van der Waals surface area contributed by atoms with Gasteiger partial charge < -0.3 is 11.1 Å². The van der Waals surface area contributed by atoms with Crippen LogP contribution in [0.1, 0.15) is 38.3 Å². The van der Waals surface area contributed by atoms with Crippen molar-refractivity contribution in [1.82, 2.24) is 20.1 Å². The maximum Gasteiger partial charge on any atom is 0.236 e. The van der Waals surface area contributed by atoms with E-state index in [-0.39, 0.29) is 11.9 Å². The molecule has 0 aliphatic heterocycles. The van der Waals surface area contributed by atoms with Crippen molar-refractivity contribution in [3.8, 4) is 0 Å². The first-order valence-electron chi connectivity index (χ1n) is 6.62. The van der Waals surface area contributed by atoms with Gasteiger partial charge in [-0.3, -0.25) is 4.79 Å². The number of aromatic nitrogens is 3. The smallest absolute Gasteiger partial charge is 0.236 e. The molecule has 1 atom stereocenters. The van der Waals surface area contributed by atoms with Crippen molar-refractivity contribution in [2.45, 2.75) is 58.2 Å². The maximum absolute atomic E-state index is 11.4. The Morgan fingerprint density at radius 2 is 2.22 bits per heavy atom. The molecule has 0 saturated heterocycles. The third-order valence-corrected chi connectivity index (χ3v) is 3.14. The van der Waals surface area contributed by atoms with Crippen molar-refractivity contribution in [1.29, 1.82) is 0 Å². The zero-order chi connectivity index (χ0) is 13.1. The third kappa shape index (κ3) is 3.07. The summed E-state index contributed by atoms with van der Waals surface area (Å²) in [5.74, 6) is 1.41. The number of rotatable bonds is 7. The molecule has 1 aliphatic rings. The molecule has 0 bridgehead atoms. The summed E-state index contributed by atoms with van der Waals surface area (Å²) < 4.78 is 1.81. The van der Waals surface area contributed by atoms with Gasteiger partial charge in [-0.2, -0.15) is 5.10 Å². The second-order valence-corrected chi connectivity index (χ2v) is 4.73. The molecule has 3 N–H and O–H groups in total. The fourth-order valence-corrected chi connectivity index (χ4v) is 1.92. The summed E-state index contributed by atoms with van der Waals surface area (Å²) in [6, 6.07) is 0.0935. The van der Waals surface area contributed by atoms with Crippen LogP contribution in [0.3, 0.4) is 0 Å². The molecule has 1 unspecified atom stereocenters. The van der Waals surface area contributed by atoms with Crippen LogP contribution >= 0.6 is 0 Å². The van der Waals surface area contributed by atoms with Gasteiger partial charge in [-0.15, -0.1) is 0 Å². The zero-order valence-corrected chi connectivity index (χ0v) is 11.0. The summed E-state index contributed by atoms with van der Waals surface area (Å²) >= 11 is 0. The minimum atomic E-state index is -0.353. The van der Waals surface area contributed by atoms with Crippen LogP contribution in [0.15, 0.2) is 0 Å². The molecule has 1 heterocycles. The number of nitrogens with two attached hydrogens (primary N) is 1. The van der Waals surface area contributed by atoms with Crippen molar-refractivity contribution >= 4 is 5.91 Å². The van der Waals surface area contributed by atoms with E-state index in [2.05, 4.69) is 15.4 Å². The van der Waals surface area contributed by atoms with Crippen LogP contribution in [0.4, 0.5) is 0 Å². The van der Waals surface area contributed by atoms with Gasteiger partial charge in [0, 0.05) is 18.9 Å². The van der Waals surface area contributed by atoms with E-state index in [1.165, 1.54) is 0 Å². The standard InChI is InChI=1S/C12H21N5O/c1-3-10-15-11(4-2)17(16-10)7-9(12(13)18)14-8-5-6-8/h8-9,14H,3-7H2,1-2H3,(H2,13,18). The molecule has 1 aliphatic carbocycles. The van der Waals surface area contributed by atoms with Crippen LogP contribution in [0.2, 0.25) is 0 Å². The lowest BCUT2D eigenvalue weighted by atomic mass is 10.2. The normalized spacial score (nSPS) is 16.8. The van der Waals surface area contributed by atoms with E-state index in [0.717, 1.165) is 37.3 Å². The van der Waals surface area contributed by atoms with Crippen LogP contribution < -0.4 is 11.1 Å². The van der Waals surface area contributed by atoms with Gasteiger partial charge in [0.25, 0.3) is 0 Å². The molecule has 18 heavy (non-hydrogen) atoms. The summed E-state index contributed by atoms with van der Waals surface area (Å²) in [5.41, 5.74) is 5.43. The number of aryl methyl sites for hydroxylation is 2. The van der Waals surface area contributed by atoms with Crippen molar-refractivity contribution in [2.24, 2.45) is 5.73 Å². The monoisotopic (exact) mass is 251 g/mol. The maximum atomic E-state index is 11.4. The topological polar surface area (TPSA) is 85.8 Å². The van der Waals surface area contributed by atoms with E-state index >= 15 is 0 Å². The Hall–Kier alpha value is -1.43. The number of amides is 1. The molecule has 1 amide bonds. The highest BCUT2D eigenvalue weighted by atomic mass is 16.1. The summed E-state index contributed by atoms with van der Waals surface area (Å²) in [4.78, 5) is 15.9. The molecule has 6 heteroatoms. The SMILES string of the molecule is CCc1nc(CC)n(CC(NC2CC2)C(N)=O)n1. The van der Waals surface area contributed by atoms with Crippen molar-refractivity contribution in [3.63, 3.8) is 0 Å². The average molecular weight is 251 g/mol. The molecule has 2 rings (SSSR count). The quantitative estimate of drug-likeness (QED) is 0.714. The van der Waals surface area contributed by atoms with E-state index in [9.17, 15) is 4.79 Å². The number of primary amides is 1. The Balaban J connectivity index is 2.08. The highest BCUT2D eigenvalue weighted by Crippen LogP contribution is 2.19. The fourth-order valence-electron chi connectivity index (χ4n) is 1.92. The minimum Gasteiger partial charge on any atom is -0.368 e. The molecule has 1 aromatic rings. The summed E-state index contributed by atoms with van der Waals surface area (Å²) in [5, 5.41) is 7.66. The number of nitrogens with zero attached hydrogens (tertiary/aromatic N) is 3. The van der Waals surface area contributed by atoms with E-state index in [4.69, 9.17) is 5.73 Å². The first kappa shape index (κ1) is 13.0. The lowest BCUT2D eigenvalue weighted by Gasteiger charge is -2.15. The van der Waals surface area contributed by atoms with Crippen molar-refractivity contribution in [2.75, 3.05) is 0 Å². The number of carbonyl (C=O) groups is 1. The van der Waals surface area contributed by atoms with Gasteiger partial charge in [-0.05, 0) is 12.8 Å². The molecule has 6 nitrogen and oxygen atoms in total. The minimum absolute atomic E-state index is 0.322. The largest absolute Gasteiger partial charge is 0.368 e. The Kier molecular flexibility index (Phi) is 3.96. The Morgan fingerprint density at radius 1 is 1.50 bits per heavy atom. The van der Waals surface area contributed by atoms with E-state index in [1.807, 2.05) is 18.5 Å². The molecular formula is C12H21N5O. The van der Waals surface area contributed by atoms with Gasteiger partial charge in [-0.1, -0.05) is 13.8 Å². The van der Waals surface area contributed by atoms with Gasteiger partial charge in [0.05, 0.1) is 6.54 Å². The van der Waals surface area contributed by atoms with Crippen LogP contribution in [-0.2, 0) is 24.2 Å². The molecule has 1 fully saturated rings. The van der Waals surface area contributed by atoms with Crippen molar-refractivity contribution < 1.29 is 4.79 Å². The number of carbonyl (C=O) groups excluding carboxylic acids is 1. The van der Waals surface area contributed by atoms with Crippen LogP contribution in [0.25, 0.3) is 0 Å². The fraction of sp³-hybridized carbons (Fsp3) is 0.750. The van der Waals surface area contributed by atoms with Gasteiger partial charge in [-0.25, -0.2) is 9.67 Å². The van der Waals surface area contributed by atoms with Crippen LogP contribution in [-0.4, -0.2) is 32.8 Å². The first-order valence-corrected chi connectivity index (χ1v) is 6.62. The summed E-state index contributed by atoms with van der Waals surface area (Å²) in [6.07, 6.45) is 3.86. The van der Waals surface area contributed by atoms with Gasteiger partial charge in [0.1, 0.15) is 11.9 Å². The van der Waals surface area contributed by atoms with E-state index in [0.29, 0.717) is 12.6 Å². The zero-order valence-electron chi connectivity index (χ0n) is 11.0. The number of nitrogens with one attached hydrogen (secondary N) is 1. The van der Waals surface area contributed by atoms with Crippen molar-refractivity contribution in [3.05, 3.63) is 11.6 Å². The second kappa shape index (κ2) is 5.48. The Labute approximate surface area is 107 Å². The van der Waals surface area contributed by atoms with E-state index in [1.54, 1.807) is 0 Å². The number of hydrogen-bond acceptors (Lipinski definition) is 4. The van der Waals surface area contributed by atoms with Crippen LogP contribution in [0, 0.1) is 0 Å². The first-order chi connectivity index (χ1) is 8.63. The highest BCUT2D eigenvalue weighted by Gasteiger charge is 2.28. The molecule has 0 radical (unpaired) electrons. The molecule has 100 valence electrons. The van der Waals surface area contributed by atoms with Crippen LogP contribution in [0.5, 0.6) is 0 Å². The average Bonchev–Trinajstić information content (AvgIpc) is 3.07. The summed E-state index contributed by atoms with van der Waals surface area (Å²) in [7, 11) is 0. The highest BCUT2D eigenvalue weighted by molar-refractivity contribution is 5.79. The van der Waals surface area contributed by atoms with Gasteiger partial charge in [0.2, 0.25) is 5.91 Å². The second-order valence-electron chi connectivity index (χ2n) is 4.73. The Bertz CT molecular complexity index is 424. The number of hydrogen-bond donors (Lipinski definition) is 2. The molecule has 0 spiro atoms.